The lowest BCUT2D eigenvalue weighted by atomic mass is 10.0. The van der Waals surface area contributed by atoms with Crippen molar-refractivity contribution in [2.75, 3.05) is 4.90 Å². The molecule has 3 heteroatoms. The SMILES string of the molecule is c1ccc(-c2cccc3c2oc2c3ccc3c2c2ccccc2n3-c2ccc(-c3ccc(N(c4ccccc4)c4ccccc4)cc3)cc2)cc1. The van der Waals surface area contributed by atoms with E-state index in [4.69, 9.17) is 4.42 Å². The van der Waals surface area contributed by atoms with Crippen LogP contribution in [0.4, 0.5) is 17.1 Å². The monoisotopic (exact) mass is 652 g/mol. The molecule has 0 saturated carbocycles. The quantitative estimate of drug-likeness (QED) is 0.178. The highest BCUT2D eigenvalue weighted by Crippen LogP contribution is 2.43. The maximum absolute atomic E-state index is 6.85. The topological polar surface area (TPSA) is 21.3 Å². The lowest BCUT2D eigenvalue weighted by Crippen LogP contribution is -2.09. The molecular formula is C48H32N2O. The van der Waals surface area contributed by atoms with Crippen molar-refractivity contribution in [3.63, 3.8) is 0 Å². The van der Waals surface area contributed by atoms with E-state index in [0.717, 1.165) is 72.2 Å². The summed E-state index contributed by atoms with van der Waals surface area (Å²) in [5.74, 6) is 0. The first-order valence-corrected chi connectivity index (χ1v) is 17.4. The second-order valence-electron chi connectivity index (χ2n) is 12.9. The van der Waals surface area contributed by atoms with Crippen LogP contribution in [-0.2, 0) is 0 Å². The lowest BCUT2D eigenvalue weighted by Gasteiger charge is -2.25. The van der Waals surface area contributed by atoms with Crippen LogP contribution in [0.1, 0.15) is 0 Å². The van der Waals surface area contributed by atoms with Crippen molar-refractivity contribution in [2.45, 2.75) is 0 Å². The number of fused-ring (bicyclic) bond motifs is 7. The second kappa shape index (κ2) is 11.9. The highest BCUT2D eigenvalue weighted by atomic mass is 16.3. The zero-order valence-electron chi connectivity index (χ0n) is 27.8. The fraction of sp³-hybridized carbons (Fsp3) is 0. The van der Waals surface area contributed by atoms with Crippen molar-refractivity contribution in [1.29, 1.82) is 0 Å². The summed E-state index contributed by atoms with van der Waals surface area (Å²) in [4.78, 5) is 2.29. The molecule has 240 valence electrons. The molecule has 0 N–H and O–H groups in total. The number of rotatable bonds is 6. The van der Waals surface area contributed by atoms with Crippen LogP contribution in [-0.4, -0.2) is 4.57 Å². The molecule has 8 aromatic carbocycles. The molecule has 2 aromatic heterocycles. The zero-order valence-corrected chi connectivity index (χ0v) is 27.8. The third kappa shape index (κ3) is 4.82. The molecule has 3 nitrogen and oxygen atoms in total. The van der Waals surface area contributed by atoms with Crippen LogP contribution in [0.5, 0.6) is 0 Å². The number of hydrogen-bond acceptors (Lipinski definition) is 2. The van der Waals surface area contributed by atoms with Gasteiger partial charge in [0.1, 0.15) is 11.2 Å². The minimum Gasteiger partial charge on any atom is -0.455 e. The summed E-state index contributed by atoms with van der Waals surface area (Å²) in [5.41, 5.74) is 13.2. The van der Waals surface area contributed by atoms with Crippen LogP contribution >= 0.6 is 0 Å². The van der Waals surface area contributed by atoms with Gasteiger partial charge in [0, 0.05) is 44.5 Å². The molecule has 0 aliphatic carbocycles. The number of para-hydroxylation sites is 4. The van der Waals surface area contributed by atoms with Gasteiger partial charge in [-0.15, -0.1) is 0 Å². The zero-order chi connectivity index (χ0) is 33.7. The van der Waals surface area contributed by atoms with Gasteiger partial charge in [0.25, 0.3) is 0 Å². The molecule has 51 heavy (non-hydrogen) atoms. The molecule has 0 saturated heterocycles. The molecule has 10 rings (SSSR count). The van der Waals surface area contributed by atoms with Gasteiger partial charge in [-0.3, -0.25) is 0 Å². The van der Waals surface area contributed by atoms with Crippen molar-refractivity contribution in [2.24, 2.45) is 0 Å². The Morgan fingerprint density at radius 3 is 1.59 bits per heavy atom. The van der Waals surface area contributed by atoms with E-state index in [0.29, 0.717) is 0 Å². The summed E-state index contributed by atoms with van der Waals surface area (Å²) in [6, 6.07) is 68.8. The van der Waals surface area contributed by atoms with Gasteiger partial charge in [-0.1, -0.05) is 127 Å². The number of anilines is 3. The Bertz CT molecular complexity index is 2780. The summed E-state index contributed by atoms with van der Waals surface area (Å²) >= 11 is 0. The molecule has 0 bridgehead atoms. The number of furan rings is 1. The van der Waals surface area contributed by atoms with E-state index in [2.05, 4.69) is 204 Å². The standard InChI is InChI=1S/C48H32N2O/c1-4-13-35(14-5-1)40-20-12-21-41-42-31-32-45-46(48(42)51-47(40)41)43-19-10-11-22-44(43)50(45)39-29-25-34(26-30-39)33-23-27-38(28-24-33)49(36-15-6-2-7-16-36)37-17-8-3-9-18-37/h1-32H. The molecule has 0 amide bonds. The largest absolute Gasteiger partial charge is 0.455 e. The molecule has 10 aromatic rings. The Morgan fingerprint density at radius 2 is 0.902 bits per heavy atom. The maximum atomic E-state index is 6.85. The van der Waals surface area contributed by atoms with Crippen LogP contribution in [0.25, 0.3) is 71.7 Å². The fourth-order valence-electron chi connectivity index (χ4n) is 7.64. The van der Waals surface area contributed by atoms with E-state index in [-0.39, 0.29) is 0 Å². The summed E-state index contributed by atoms with van der Waals surface area (Å²) in [6.07, 6.45) is 0. The van der Waals surface area contributed by atoms with Gasteiger partial charge in [-0.25, -0.2) is 0 Å². The predicted octanol–water partition coefficient (Wildman–Crippen LogP) is 13.5. The van der Waals surface area contributed by atoms with Crippen LogP contribution in [0.2, 0.25) is 0 Å². The third-order valence-corrected chi connectivity index (χ3v) is 10.00. The van der Waals surface area contributed by atoms with Crippen molar-refractivity contribution >= 4 is 60.8 Å². The highest BCUT2D eigenvalue weighted by Gasteiger charge is 2.20. The van der Waals surface area contributed by atoms with E-state index < -0.39 is 0 Å². The average Bonchev–Trinajstić information content (AvgIpc) is 3.76. The summed E-state index contributed by atoms with van der Waals surface area (Å²) in [6.45, 7) is 0. The van der Waals surface area contributed by atoms with E-state index in [1.807, 2.05) is 0 Å². The molecule has 0 unspecified atom stereocenters. The van der Waals surface area contributed by atoms with Crippen molar-refractivity contribution in [1.82, 2.24) is 4.57 Å². The van der Waals surface area contributed by atoms with Crippen LogP contribution in [0.3, 0.4) is 0 Å². The smallest absolute Gasteiger partial charge is 0.145 e. The second-order valence-corrected chi connectivity index (χ2v) is 12.9. The number of aromatic nitrogens is 1. The number of benzene rings is 8. The van der Waals surface area contributed by atoms with Gasteiger partial charge in [0.15, 0.2) is 0 Å². The Hall–Kier alpha value is -6.84. The Morgan fingerprint density at radius 1 is 0.353 bits per heavy atom. The van der Waals surface area contributed by atoms with Gasteiger partial charge >= 0.3 is 0 Å². The van der Waals surface area contributed by atoms with Crippen LogP contribution in [0.15, 0.2) is 199 Å². The van der Waals surface area contributed by atoms with E-state index >= 15 is 0 Å². The van der Waals surface area contributed by atoms with Crippen molar-refractivity contribution < 1.29 is 4.42 Å². The minimum absolute atomic E-state index is 0.925. The minimum atomic E-state index is 0.925. The number of nitrogens with zero attached hydrogens (tertiary/aromatic N) is 2. The molecule has 0 fully saturated rings. The molecule has 0 aliphatic rings. The normalized spacial score (nSPS) is 11.5. The van der Waals surface area contributed by atoms with Crippen LogP contribution < -0.4 is 4.90 Å². The van der Waals surface area contributed by atoms with E-state index in [1.165, 1.54) is 16.5 Å². The predicted molar refractivity (Wildman–Crippen MR) is 214 cm³/mol. The van der Waals surface area contributed by atoms with Gasteiger partial charge in [0.2, 0.25) is 0 Å². The van der Waals surface area contributed by atoms with Gasteiger partial charge in [0.05, 0.1) is 16.4 Å². The van der Waals surface area contributed by atoms with Gasteiger partial charge in [-0.05, 0) is 83.4 Å². The molecular weight excluding hydrogens is 621 g/mol. The molecule has 0 atom stereocenters. The van der Waals surface area contributed by atoms with E-state index in [9.17, 15) is 0 Å². The highest BCUT2D eigenvalue weighted by molar-refractivity contribution is 6.24. The first kappa shape index (κ1) is 29.1. The Balaban J connectivity index is 1.05. The maximum Gasteiger partial charge on any atom is 0.145 e. The van der Waals surface area contributed by atoms with Crippen molar-refractivity contribution in [3.05, 3.63) is 194 Å². The number of hydrogen-bond donors (Lipinski definition) is 0. The Kier molecular flexibility index (Phi) is 6.81. The van der Waals surface area contributed by atoms with Gasteiger partial charge < -0.3 is 13.9 Å². The summed E-state index contributed by atoms with van der Waals surface area (Å²) in [7, 11) is 0. The molecule has 2 heterocycles. The van der Waals surface area contributed by atoms with Gasteiger partial charge in [-0.2, -0.15) is 0 Å². The lowest BCUT2D eigenvalue weighted by molar-refractivity contribution is 0.674. The van der Waals surface area contributed by atoms with Crippen molar-refractivity contribution in [3.8, 4) is 27.9 Å². The third-order valence-electron chi connectivity index (χ3n) is 10.00. The first-order chi connectivity index (χ1) is 25.3. The molecule has 0 aliphatic heterocycles. The summed E-state index contributed by atoms with van der Waals surface area (Å²) in [5, 5.41) is 4.59. The van der Waals surface area contributed by atoms with Crippen LogP contribution in [0, 0.1) is 0 Å². The average molecular weight is 653 g/mol. The van der Waals surface area contributed by atoms with E-state index in [1.54, 1.807) is 0 Å². The first-order valence-electron chi connectivity index (χ1n) is 17.4. The molecule has 0 spiro atoms. The Labute approximate surface area is 295 Å². The summed E-state index contributed by atoms with van der Waals surface area (Å²) < 4.78 is 9.21. The molecule has 0 radical (unpaired) electrons. The fourth-order valence-corrected chi connectivity index (χ4v) is 7.64.